The van der Waals surface area contributed by atoms with E-state index in [0.717, 1.165) is 0 Å². The van der Waals surface area contributed by atoms with Crippen LogP contribution in [0, 0.1) is 0 Å². The van der Waals surface area contributed by atoms with E-state index >= 15 is 0 Å². The van der Waals surface area contributed by atoms with Gasteiger partial charge in [-0.05, 0) is 0 Å². The second-order valence-electron chi connectivity index (χ2n) is 0.513. The molecule has 3 N–H and O–H groups in total. The predicted molar refractivity (Wildman–Crippen MR) is 30.2 cm³/mol. The van der Waals surface area contributed by atoms with Crippen LogP contribution in [-0.4, -0.2) is 62.5 Å². The van der Waals surface area contributed by atoms with Gasteiger partial charge in [0.25, 0.3) is 0 Å². The smallest absolute Gasteiger partial charge is 1.00 e. The van der Waals surface area contributed by atoms with E-state index in [0.29, 0.717) is 0 Å². The zero-order valence-electron chi connectivity index (χ0n) is 7.61. The van der Waals surface area contributed by atoms with Crippen molar-refractivity contribution in [2.45, 2.75) is 0 Å². The summed E-state index contributed by atoms with van der Waals surface area (Å²) in [6, 6.07) is 0. The minimum Gasteiger partial charge on any atom is -1.00 e. The van der Waals surface area contributed by atoms with Crippen LogP contribution in [0.3, 0.4) is 0 Å². The Bertz CT molecular complexity index is 68.2. The van der Waals surface area contributed by atoms with Crippen molar-refractivity contribution in [1.29, 1.82) is 0 Å². The second kappa shape index (κ2) is 5.67. The molecule has 0 spiro atoms. The quantitative estimate of drug-likeness (QED) is 0.299. The molecule has 0 heterocycles. The fraction of sp³-hybridized carbons (Fsp3) is 0. The number of hydrogen-bond donors (Lipinski definition) is 3. The topological polar surface area (TPSA) is 77.8 Å². The SMILES string of the molecule is O=P(O)(O)O.[Be+2].[Ca+2].[H-].[H-].[H-].[H-]. The Kier molecular flexibility index (Phi) is 12.8. The minimum atomic E-state index is -4.64. The standard InChI is InChI=1S/Be.Ca.H3O4P.4H/c;;1-5(2,3)4;;;;/h;;(H3,1,2,3,4);;;;/q2*+2;;4*-1. The summed E-state index contributed by atoms with van der Waals surface area (Å²) in [6.45, 7) is 0. The molecule has 0 unspecified atom stereocenters. The molecule has 0 atom stereocenters. The summed E-state index contributed by atoms with van der Waals surface area (Å²) in [5, 5.41) is 0. The fourth-order valence-corrected chi connectivity index (χ4v) is 0. The largest absolute Gasteiger partial charge is 2.00 e. The molecule has 0 radical (unpaired) electrons. The zero-order valence-corrected chi connectivity index (χ0v) is 6.71. The average molecular weight is 151 g/mol. The van der Waals surface area contributed by atoms with E-state index in [9.17, 15) is 0 Å². The summed E-state index contributed by atoms with van der Waals surface area (Å²) in [5.74, 6) is 0. The van der Waals surface area contributed by atoms with Crippen LogP contribution in [0.25, 0.3) is 0 Å². The molecule has 0 amide bonds. The Morgan fingerprint density at radius 1 is 1.29 bits per heavy atom. The van der Waals surface area contributed by atoms with Gasteiger partial charge in [-0.25, -0.2) is 4.57 Å². The van der Waals surface area contributed by atoms with Crippen molar-refractivity contribution in [2.24, 2.45) is 0 Å². The van der Waals surface area contributed by atoms with Gasteiger partial charge in [0.2, 0.25) is 0 Å². The number of hydrogen-bond acceptors (Lipinski definition) is 1. The van der Waals surface area contributed by atoms with Gasteiger partial charge in [0.1, 0.15) is 0 Å². The molecule has 0 fully saturated rings. The molecule has 0 aliphatic heterocycles. The molecule has 0 aliphatic rings. The van der Waals surface area contributed by atoms with Crippen LogP contribution in [0.2, 0.25) is 0 Å². The van der Waals surface area contributed by atoms with Gasteiger partial charge in [-0.1, -0.05) is 0 Å². The fourth-order valence-electron chi connectivity index (χ4n) is 0. The van der Waals surface area contributed by atoms with Crippen molar-refractivity contribution < 1.29 is 25.0 Å². The van der Waals surface area contributed by atoms with Gasteiger partial charge >= 0.3 is 55.7 Å². The van der Waals surface area contributed by atoms with E-state index in [2.05, 4.69) is 0 Å². The minimum absolute atomic E-state index is 0. The van der Waals surface area contributed by atoms with Crippen LogP contribution in [0.15, 0.2) is 0 Å². The maximum absolute atomic E-state index is 8.88. The molecular weight excluding hydrogens is 144 g/mol. The predicted octanol–water partition coefficient (Wildman–Crippen LogP) is -1.24. The summed E-state index contributed by atoms with van der Waals surface area (Å²) in [4.78, 5) is 21.6. The third-order valence-electron chi connectivity index (χ3n) is 0. The Morgan fingerprint density at radius 3 is 1.29 bits per heavy atom. The Morgan fingerprint density at radius 2 is 1.29 bits per heavy atom. The molecule has 4 nitrogen and oxygen atoms in total. The Balaban J connectivity index is -0.00000000533. The normalized spacial score (nSPS) is 8.43. The van der Waals surface area contributed by atoms with Crippen LogP contribution in [0.4, 0.5) is 0 Å². The number of rotatable bonds is 0. The van der Waals surface area contributed by atoms with E-state index in [4.69, 9.17) is 19.2 Å². The van der Waals surface area contributed by atoms with Crippen LogP contribution < -0.4 is 0 Å². The monoisotopic (exact) mass is 151 g/mol. The summed E-state index contributed by atoms with van der Waals surface area (Å²) in [5.41, 5.74) is 0. The van der Waals surface area contributed by atoms with Crippen molar-refractivity contribution in [3.63, 3.8) is 0 Å². The summed E-state index contributed by atoms with van der Waals surface area (Å²) in [7, 11) is -4.64. The molecule has 0 aromatic heterocycles. The Labute approximate surface area is 80.3 Å². The maximum Gasteiger partial charge on any atom is 2.00 e. The van der Waals surface area contributed by atoms with Crippen molar-refractivity contribution in [1.82, 2.24) is 0 Å². The van der Waals surface area contributed by atoms with Crippen LogP contribution >= 0.6 is 7.82 Å². The summed E-state index contributed by atoms with van der Waals surface area (Å²) < 4.78 is 8.88. The van der Waals surface area contributed by atoms with Crippen molar-refractivity contribution in [3.8, 4) is 0 Å². The summed E-state index contributed by atoms with van der Waals surface area (Å²) >= 11 is 0. The van der Waals surface area contributed by atoms with Gasteiger partial charge in [0, 0.05) is 0 Å². The first-order valence-electron chi connectivity index (χ1n) is 0.783. The van der Waals surface area contributed by atoms with Gasteiger partial charge in [0.05, 0.1) is 0 Å². The van der Waals surface area contributed by atoms with Crippen LogP contribution in [0.1, 0.15) is 5.71 Å². The molecule has 0 rings (SSSR count). The first-order chi connectivity index (χ1) is 2.00. The number of phosphoric acid groups is 1. The summed E-state index contributed by atoms with van der Waals surface area (Å²) in [6.07, 6.45) is 0. The third kappa shape index (κ3) is 97.7. The zero-order chi connectivity index (χ0) is 4.50. The van der Waals surface area contributed by atoms with E-state index in [1.54, 1.807) is 0 Å². The van der Waals surface area contributed by atoms with E-state index < -0.39 is 7.82 Å². The van der Waals surface area contributed by atoms with Crippen molar-refractivity contribution >= 4 is 55.7 Å². The van der Waals surface area contributed by atoms with Crippen LogP contribution in [-0.2, 0) is 4.57 Å². The van der Waals surface area contributed by atoms with E-state index in [-0.39, 0.29) is 53.6 Å². The average Bonchev–Trinajstić information content (AvgIpc) is 0.722. The molecule has 0 saturated heterocycles. The molecule has 0 aromatic carbocycles. The van der Waals surface area contributed by atoms with E-state index in [1.807, 2.05) is 0 Å². The van der Waals surface area contributed by atoms with Gasteiger partial charge < -0.3 is 20.4 Å². The molecule has 0 aliphatic carbocycles. The van der Waals surface area contributed by atoms with Crippen molar-refractivity contribution in [3.05, 3.63) is 0 Å². The molecule has 0 bridgehead atoms. The first-order valence-corrected chi connectivity index (χ1v) is 2.35. The molecule has 40 valence electrons. The van der Waals surface area contributed by atoms with Gasteiger partial charge in [-0.2, -0.15) is 0 Å². The maximum atomic E-state index is 8.88. The molecule has 7 heavy (non-hydrogen) atoms. The van der Waals surface area contributed by atoms with Gasteiger partial charge in [-0.15, -0.1) is 0 Å². The molecule has 0 aromatic rings. The van der Waals surface area contributed by atoms with Crippen LogP contribution in [0.5, 0.6) is 0 Å². The molecular formula is H7BeCaO4P. The second-order valence-corrected chi connectivity index (χ2v) is 1.54. The van der Waals surface area contributed by atoms with Gasteiger partial charge in [-0.3, -0.25) is 0 Å². The Hall–Kier alpha value is 1.54. The molecule has 7 heteroatoms. The van der Waals surface area contributed by atoms with Gasteiger partial charge in [0.15, 0.2) is 0 Å². The third-order valence-corrected chi connectivity index (χ3v) is 0. The first kappa shape index (κ1) is 15.8. The van der Waals surface area contributed by atoms with E-state index in [1.165, 1.54) is 0 Å². The van der Waals surface area contributed by atoms with Crippen molar-refractivity contribution in [2.75, 3.05) is 0 Å². The molecule has 0 saturated carbocycles.